The number of benzene rings is 1. The normalized spacial score (nSPS) is 31.5. The molecule has 1 aromatic rings. The molecule has 2 heteroatoms. The predicted molar refractivity (Wildman–Crippen MR) is 94.9 cm³/mol. The van der Waals surface area contributed by atoms with Crippen molar-refractivity contribution in [3.63, 3.8) is 0 Å². The molecule has 4 rings (SSSR count). The minimum Gasteiger partial charge on any atom is -0.508 e. The molecule has 0 spiro atoms. The number of hydrogen-bond acceptors (Lipinski definition) is 2. The van der Waals surface area contributed by atoms with Crippen molar-refractivity contribution in [3.05, 3.63) is 29.3 Å². The summed E-state index contributed by atoms with van der Waals surface area (Å²) in [6, 6.07) is 7.59. The Morgan fingerprint density at radius 1 is 1.17 bits per heavy atom. The molecule has 0 aromatic heterocycles. The van der Waals surface area contributed by atoms with Crippen LogP contribution in [0.4, 0.5) is 0 Å². The molecule has 2 saturated carbocycles. The second-order valence-electron chi connectivity index (χ2n) is 8.12. The van der Waals surface area contributed by atoms with Crippen molar-refractivity contribution in [2.24, 2.45) is 11.8 Å². The number of hydrogen-bond donors (Lipinski definition) is 1. The summed E-state index contributed by atoms with van der Waals surface area (Å²) >= 11 is 0. The molecule has 0 saturated heterocycles. The van der Waals surface area contributed by atoms with Gasteiger partial charge in [0.1, 0.15) is 5.75 Å². The van der Waals surface area contributed by atoms with Crippen molar-refractivity contribution < 1.29 is 5.11 Å². The lowest BCUT2D eigenvalue weighted by Crippen LogP contribution is -2.51. The van der Waals surface area contributed by atoms with E-state index in [1.165, 1.54) is 62.6 Å². The Balaban J connectivity index is 1.68. The SMILES string of the molecule is CCN([C@H](C)C1CC1)[C@@H]1Cc2ccc(O)cc2C2CCCCC21. The Hall–Kier alpha value is -1.02. The van der Waals surface area contributed by atoms with Gasteiger partial charge in [0.25, 0.3) is 0 Å². The maximum absolute atomic E-state index is 9.96. The van der Waals surface area contributed by atoms with Crippen molar-refractivity contribution in [1.82, 2.24) is 4.90 Å². The van der Waals surface area contributed by atoms with E-state index >= 15 is 0 Å². The van der Waals surface area contributed by atoms with Crippen LogP contribution in [0.25, 0.3) is 0 Å². The summed E-state index contributed by atoms with van der Waals surface area (Å²) in [5.74, 6) is 2.85. The second-order valence-corrected chi connectivity index (χ2v) is 8.12. The zero-order valence-corrected chi connectivity index (χ0v) is 14.7. The molecule has 126 valence electrons. The minimum absolute atomic E-state index is 0.449. The lowest BCUT2D eigenvalue weighted by atomic mass is 9.65. The van der Waals surface area contributed by atoms with E-state index in [4.69, 9.17) is 0 Å². The zero-order chi connectivity index (χ0) is 16.0. The second kappa shape index (κ2) is 6.12. The van der Waals surface area contributed by atoms with E-state index in [9.17, 15) is 5.11 Å². The molecule has 0 radical (unpaired) electrons. The van der Waals surface area contributed by atoms with E-state index in [0.717, 1.165) is 17.9 Å². The summed E-state index contributed by atoms with van der Waals surface area (Å²) in [6.45, 7) is 5.99. The van der Waals surface area contributed by atoms with Crippen LogP contribution in [0, 0.1) is 11.8 Å². The van der Waals surface area contributed by atoms with Gasteiger partial charge in [-0.15, -0.1) is 0 Å². The first-order valence-corrected chi connectivity index (χ1v) is 9.76. The zero-order valence-electron chi connectivity index (χ0n) is 14.7. The van der Waals surface area contributed by atoms with E-state index < -0.39 is 0 Å². The average molecular weight is 313 g/mol. The van der Waals surface area contributed by atoms with Gasteiger partial charge >= 0.3 is 0 Å². The summed E-state index contributed by atoms with van der Waals surface area (Å²) in [5.41, 5.74) is 2.96. The van der Waals surface area contributed by atoms with Crippen molar-refractivity contribution in [3.8, 4) is 5.75 Å². The first-order valence-electron chi connectivity index (χ1n) is 9.76. The Labute approximate surface area is 140 Å². The molecule has 1 aromatic carbocycles. The van der Waals surface area contributed by atoms with Gasteiger partial charge in [0, 0.05) is 12.1 Å². The van der Waals surface area contributed by atoms with E-state index in [2.05, 4.69) is 30.9 Å². The fourth-order valence-electron chi connectivity index (χ4n) is 5.53. The third-order valence-corrected chi connectivity index (χ3v) is 6.89. The molecule has 23 heavy (non-hydrogen) atoms. The number of phenols is 1. The van der Waals surface area contributed by atoms with Crippen LogP contribution >= 0.6 is 0 Å². The molecule has 3 aliphatic rings. The highest BCUT2D eigenvalue weighted by atomic mass is 16.3. The van der Waals surface area contributed by atoms with Gasteiger partial charge < -0.3 is 5.11 Å². The maximum atomic E-state index is 9.96. The van der Waals surface area contributed by atoms with Gasteiger partial charge in [0.2, 0.25) is 0 Å². The smallest absolute Gasteiger partial charge is 0.115 e. The number of aromatic hydroxyl groups is 1. The summed E-state index contributed by atoms with van der Waals surface area (Å²) in [5, 5.41) is 9.96. The van der Waals surface area contributed by atoms with Crippen molar-refractivity contribution >= 4 is 0 Å². The van der Waals surface area contributed by atoms with Crippen LogP contribution in [0.3, 0.4) is 0 Å². The van der Waals surface area contributed by atoms with E-state index in [1.807, 2.05) is 6.07 Å². The Kier molecular flexibility index (Phi) is 4.13. The molecule has 2 fully saturated rings. The Morgan fingerprint density at radius 2 is 1.96 bits per heavy atom. The van der Waals surface area contributed by atoms with Crippen molar-refractivity contribution in [2.45, 2.75) is 76.8 Å². The molecular weight excluding hydrogens is 282 g/mol. The van der Waals surface area contributed by atoms with E-state index in [0.29, 0.717) is 17.7 Å². The monoisotopic (exact) mass is 313 g/mol. The fraction of sp³-hybridized carbons (Fsp3) is 0.714. The van der Waals surface area contributed by atoms with Crippen LogP contribution in [0.1, 0.15) is 69.4 Å². The van der Waals surface area contributed by atoms with Crippen molar-refractivity contribution in [1.29, 1.82) is 0 Å². The lowest BCUT2D eigenvalue weighted by molar-refractivity contribution is 0.0587. The largest absolute Gasteiger partial charge is 0.508 e. The van der Waals surface area contributed by atoms with Crippen LogP contribution in [-0.2, 0) is 6.42 Å². The molecule has 4 atom stereocenters. The maximum Gasteiger partial charge on any atom is 0.115 e. The first kappa shape index (κ1) is 15.5. The topological polar surface area (TPSA) is 23.5 Å². The van der Waals surface area contributed by atoms with Crippen molar-refractivity contribution in [2.75, 3.05) is 6.54 Å². The number of rotatable bonds is 4. The van der Waals surface area contributed by atoms with Gasteiger partial charge in [-0.05, 0) is 86.6 Å². The summed E-state index contributed by atoms with van der Waals surface area (Å²) in [7, 11) is 0. The molecule has 2 nitrogen and oxygen atoms in total. The van der Waals surface area contributed by atoms with Crippen LogP contribution in [0.5, 0.6) is 5.75 Å². The number of phenolic OH excluding ortho intramolecular Hbond substituents is 1. The van der Waals surface area contributed by atoms with Gasteiger partial charge in [-0.25, -0.2) is 0 Å². The number of likely N-dealkylation sites (N-methyl/N-ethyl adjacent to an activating group) is 1. The van der Waals surface area contributed by atoms with Crippen LogP contribution in [-0.4, -0.2) is 28.6 Å². The predicted octanol–water partition coefficient (Wildman–Crippen LogP) is 4.71. The van der Waals surface area contributed by atoms with E-state index in [-0.39, 0.29) is 0 Å². The van der Waals surface area contributed by atoms with Gasteiger partial charge in [-0.2, -0.15) is 0 Å². The highest BCUT2D eigenvalue weighted by Gasteiger charge is 2.43. The lowest BCUT2D eigenvalue weighted by Gasteiger charge is -2.49. The molecule has 1 N–H and O–H groups in total. The Bertz CT molecular complexity index is 565. The fourth-order valence-corrected chi connectivity index (χ4v) is 5.53. The van der Waals surface area contributed by atoms with Gasteiger partial charge in [0.05, 0.1) is 0 Å². The van der Waals surface area contributed by atoms with Gasteiger partial charge in [-0.3, -0.25) is 4.90 Å². The van der Waals surface area contributed by atoms with Crippen LogP contribution in [0.15, 0.2) is 18.2 Å². The average Bonchev–Trinajstić information content (AvgIpc) is 3.41. The Morgan fingerprint density at radius 3 is 2.70 bits per heavy atom. The van der Waals surface area contributed by atoms with Gasteiger partial charge in [0.15, 0.2) is 0 Å². The molecule has 2 unspecified atom stereocenters. The standard InChI is InChI=1S/C21H31NO/c1-3-22(14(2)15-8-9-15)21-12-16-10-11-17(23)13-20(16)18-6-4-5-7-19(18)21/h10-11,13-15,18-19,21,23H,3-9,12H2,1-2H3/t14-,18?,19?,21-/m1/s1. The number of nitrogens with zero attached hydrogens (tertiary/aromatic N) is 1. The van der Waals surface area contributed by atoms with Gasteiger partial charge in [-0.1, -0.05) is 25.8 Å². The molecular formula is C21H31NO. The third-order valence-electron chi connectivity index (χ3n) is 6.89. The number of fused-ring (bicyclic) bond motifs is 3. The molecule has 0 aliphatic heterocycles. The van der Waals surface area contributed by atoms with Crippen LogP contribution in [0.2, 0.25) is 0 Å². The highest BCUT2D eigenvalue weighted by Crippen LogP contribution is 2.48. The first-order chi connectivity index (χ1) is 11.2. The summed E-state index contributed by atoms with van der Waals surface area (Å²) in [6.07, 6.45) is 9.48. The van der Waals surface area contributed by atoms with Crippen LogP contribution < -0.4 is 0 Å². The quantitative estimate of drug-likeness (QED) is 0.870. The highest BCUT2D eigenvalue weighted by molar-refractivity contribution is 5.41. The molecule has 3 aliphatic carbocycles. The summed E-state index contributed by atoms with van der Waals surface area (Å²) < 4.78 is 0. The minimum atomic E-state index is 0.449. The molecule has 0 heterocycles. The summed E-state index contributed by atoms with van der Waals surface area (Å²) in [4.78, 5) is 2.83. The molecule has 0 amide bonds. The molecule has 0 bridgehead atoms. The third kappa shape index (κ3) is 2.80. The van der Waals surface area contributed by atoms with E-state index in [1.54, 1.807) is 0 Å².